The minimum Gasteiger partial charge on any atom is -0.508 e. The van der Waals surface area contributed by atoms with Crippen LogP contribution >= 0.6 is 0 Å². The fourth-order valence-corrected chi connectivity index (χ4v) is 1.46. The van der Waals surface area contributed by atoms with E-state index in [0.29, 0.717) is 18.5 Å². The van der Waals surface area contributed by atoms with Gasteiger partial charge in [-0.25, -0.2) is 0 Å². The van der Waals surface area contributed by atoms with Crippen molar-refractivity contribution < 1.29 is 19.8 Å². The molecule has 1 saturated carbocycles. The van der Waals surface area contributed by atoms with Crippen molar-refractivity contribution in [2.24, 2.45) is 5.41 Å². The van der Waals surface area contributed by atoms with Crippen molar-refractivity contribution in [1.29, 1.82) is 0 Å². The van der Waals surface area contributed by atoms with Crippen molar-refractivity contribution in [2.45, 2.75) is 12.8 Å². The van der Waals surface area contributed by atoms with Crippen LogP contribution in [0.3, 0.4) is 0 Å². The maximum Gasteiger partial charge on any atom is 0.319 e. The molecule has 0 radical (unpaired) electrons. The van der Waals surface area contributed by atoms with Gasteiger partial charge in [0.25, 0.3) is 0 Å². The van der Waals surface area contributed by atoms with Gasteiger partial charge in [-0.1, -0.05) is 0 Å². The fraction of sp³-hybridized carbons (Fsp3) is 0.273. The molecule has 1 aliphatic rings. The van der Waals surface area contributed by atoms with E-state index in [2.05, 4.69) is 5.32 Å². The summed E-state index contributed by atoms with van der Waals surface area (Å²) < 4.78 is 0. The van der Waals surface area contributed by atoms with Crippen LogP contribution in [0.25, 0.3) is 0 Å². The van der Waals surface area contributed by atoms with E-state index in [1.54, 1.807) is 0 Å². The van der Waals surface area contributed by atoms with Crippen LogP contribution in [-0.2, 0) is 9.59 Å². The van der Waals surface area contributed by atoms with Gasteiger partial charge in [-0.3, -0.25) is 9.59 Å². The third-order valence-corrected chi connectivity index (χ3v) is 2.72. The molecule has 3 N–H and O–H groups in total. The molecule has 0 unspecified atom stereocenters. The lowest BCUT2D eigenvalue weighted by atomic mass is 10.1. The van der Waals surface area contributed by atoms with Crippen LogP contribution in [0.4, 0.5) is 5.69 Å². The van der Waals surface area contributed by atoms with E-state index in [1.807, 2.05) is 0 Å². The highest BCUT2D eigenvalue weighted by atomic mass is 16.4. The Morgan fingerprint density at radius 1 is 1.19 bits per heavy atom. The number of carboxylic acid groups (broad SMARTS) is 1. The molecule has 2 rings (SSSR count). The van der Waals surface area contributed by atoms with Crippen LogP contribution < -0.4 is 5.32 Å². The van der Waals surface area contributed by atoms with Gasteiger partial charge in [0.05, 0.1) is 0 Å². The molecule has 1 amide bonds. The minimum absolute atomic E-state index is 0.0948. The normalized spacial score (nSPS) is 16.5. The lowest BCUT2D eigenvalue weighted by Gasteiger charge is -2.10. The molecule has 0 aliphatic heterocycles. The van der Waals surface area contributed by atoms with Gasteiger partial charge in [-0.05, 0) is 37.1 Å². The highest BCUT2D eigenvalue weighted by Crippen LogP contribution is 2.46. The van der Waals surface area contributed by atoms with Gasteiger partial charge in [0.2, 0.25) is 5.91 Å². The molecule has 5 heteroatoms. The van der Waals surface area contributed by atoms with Crippen molar-refractivity contribution in [3.05, 3.63) is 24.3 Å². The lowest BCUT2D eigenvalue weighted by Crippen LogP contribution is -2.31. The molecule has 16 heavy (non-hydrogen) atoms. The molecule has 0 aromatic heterocycles. The third kappa shape index (κ3) is 1.71. The Morgan fingerprint density at radius 3 is 2.19 bits per heavy atom. The number of nitrogens with one attached hydrogen (secondary N) is 1. The quantitative estimate of drug-likeness (QED) is 0.528. The standard InChI is InChI=1S/C11H11NO4/c13-8-3-1-7(2-4-8)12-9(14)11(5-6-11)10(15)16/h1-4,13H,5-6H2,(H,12,14)(H,15,16). The third-order valence-electron chi connectivity index (χ3n) is 2.72. The molecule has 5 nitrogen and oxygen atoms in total. The number of phenols is 1. The summed E-state index contributed by atoms with van der Waals surface area (Å²) in [7, 11) is 0. The SMILES string of the molecule is O=C(O)C1(C(=O)Nc2ccc(O)cc2)CC1. The van der Waals surface area contributed by atoms with Crippen molar-refractivity contribution in [3.63, 3.8) is 0 Å². The summed E-state index contributed by atoms with van der Waals surface area (Å²) in [6.07, 6.45) is 0.762. The summed E-state index contributed by atoms with van der Waals surface area (Å²) in [5, 5.41) is 20.5. The van der Waals surface area contributed by atoms with Gasteiger partial charge in [-0.2, -0.15) is 0 Å². The number of aromatic hydroxyl groups is 1. The van der Waals surface area contributed by atoms with Crippen LogP contribution in [0.1, 0.15) is 12.8 Å². The maximum absolute atomic E-state index is 11.7. The second kappa shape index (κ2) is 3.52. The summed E-state index contributed by atoms with van der Waals surface area (Å²) in [5.41, 5.74) is -0.756. The van der Waals surface area contributed by atoms with Crippen LogP contribution in [0, 0.1) is 5.41 Å². The molecule has 0 atom stereocenters. The van der Waals surface area contributed by atoms with Crippen molar-refractivity contribution in [1.82, 2.24) is 0 Å². The zero-order chi connectivity index (χ0) is 11.8. The lowest BCUT2D eigenvalue weighted by molar-refractivity contribution is -0.147. The van der Waals surface area contributed by atoms with Gasteiger partial charge in [0, 0.05) is 5.69 Å². The van der Waals surface area contributed by atoms with E-state index in [-0.39, 0.29) is 5.75 Å². The zero-order valence-electron chi connectivity index (χ0n) is 8.43. The molecule has 1 aliphatic carbocycles. The van der Waals surface area contributed by atoms with Gasteiger partial charge in [0.15, 0.2) is 0 Å². The first-order valence-corrected chi connectivity index (χ1v) is 4.88. The Bertz CT molecular complexity index is 434. The van der Waals surface area contributed by atoms with E-state index in [4.69, 9.17) is 10.2 Å². The number of anilines is 1. The summed E-state index contributed by atoms with van der Waals surface area (Å²) in [6.45, 7) is 0. The average Bonchev–Trinajstić information content (AvgIpc) is 3.02. The van der Waals surface area contributed by atoms with E-state index in [1.165, 1.54) is 24.3 Å². The van der Waals surface area contributed by atoms with Crippen LogP contribution in [0.2, 0.25) is 0 Å². The number of rotatable bonds is 3. The molecule has 0 bridgehead atoms. The first-order valence-electron chi connectivity index (χ1n) is 4.88. The van der Waals surface area contributed by atoms with E-state index in [0.717, 1.165) is 0 Å². The molecular formula is C11H11NO4. The molecule has 0 spiro atoms. The Balaban J connectivity index is 2.08. The number of hydrogen-bond acceptors (Lipinski definition) is 3. The Kier molecular flexibility index (Phi) is 2.30. The number of carbonyl (C=O) groups is 2. The number of amides is 1. The Morgan fingerprint density at radius 2 is 1.75 bits per heavy atom. The first-order chi connectivity index (χ1) is 7.54. The second-order valence-electron chi connectivity index (χ2n) is 3.89. The van der Waals surface area contributed by atoms with Crippen molar-refractivity contribution >= 4 is 17.6 Å². The van der Waals surface area contributed by atoms with Gasteiger partial charge in [-0.15, -0.1) is 0 Å². The van der Waals surface area contributed by atoms with E-state index < -0.39 is 17.3 Å². The molecule has 0 saturated heterocycles. The van der Waals surface area contributed by atoms with Crippen LogP contribution in [-0.4, -0.2) is 22.1 Å². The second-order valence-corrected chi connectivity index (χ2v) is 3.89. The highest BCUT2D eigenvalue weighted by molar-refractivity contribution is 6.10. The Labute approximate surface area is 91.7 Å². The van der Waals surface area contributed by atoms with Gasteiger partial charge in [0.1, 0.15) is 11.2 Å². The number of hydrogen-bond donors (Lipinski definition) is 3. The zero-order valence-corrected chi connectivity index (χ0v) is 8.43. The Hall–Kier alpha value is -2.04. The van der Waals surface area contributed by atoms with Crippen molar-refractivity contribution in [3.8, 4) is 5.75 Å². The maximum atomic E-state index is 11.7. The molecule has 1 fully saturated rings. The molecule has 0 heterocycles. The molecule has 1 aromatic carbocycles. The summed E-state index contributed by atoms with van der Waals surface area (Å²) in [5.74, 6) is -1.48. The van der Waals surface area contributed by atoms with Gasteiger partial charge < -0.3 is 15.5 Å². The predicted molar refractivity (Wildman–Crippen MR) is 56.0 cm³/mol. The topological polar surface area (TPSA) is 86.6 Å². The van der Waals surface area contributed by atoms with Crippen LogP contribution in [0.5, 0.6) is 5.75 Å². The summed E-state index contributed by atoms with van der Waals surface area (Å²) in [6, 6.07) is 5.89. The van der Waals surface area contributed by atoms with E-state index >= 15 is 0 Å². The molecule has 1 aromatic rings. The highest BCUT2D eigenvalue weighted by Gasteiger charge is 2.57. The summed E-state index contributed by atoms with van der Waals surface area (Å²) in [4.78, 5) is 22.5. The predicted octanol–water partition coefficient (Wildman–Crippen LogP) is 1.20. The van der Waals surface area contributed by atoms with E-state index in [9.17, 15) is 9.59 Å². The average molecular weight is 221 g/mol. The minimum atomic E-state index is -1.24. The number of carbonyl (C=O) groups excluding carboxylic acids is 1. The number of phenolic OH excluding ortho intramolecular Hbond substituents is 1. The number of aliphatic carboxylic acids is 1. The summed E-state index contributed by atoms with van der Waals surface area (Å²) >= 11 is 0. The molecular weight excluding hydrogens is 210 g/mol. The monoisotopic (exact) mass is 221 g/mol. The largest absolute Gasteiger partial charge is 0.508 e. The molecule has 84 valence electrons. The van der Waals surface area contributed by atoms with Crippen molar-refractivity contribution in [2.75, 3.05) is 5.32 Å². The van der Waals surface area contributed by atoms with Gasteiger partial charge >= 0.3 is 5.97 Å². The fourth-order valence-electron chi connectivity index (χ4n) is 1.46. The number of benzene rings is 1. The smallest absolute Gasteiger partial charge is 0.319 e. The first kappa shape index (κ1) is 10.5. The van der Waals surface area contributed by atoms with Crippen LogP contribution in [0.15, 0.2) is 24.3 Å². The number of carboxylic acids is 1.